The number of benzene rings is 2. The van der Waals surface area contributed by atoms with Crippen LogP contribution in [0.5, 0.6) is 11.5 Å². The molecule has 7 nitrogen and oxygen atoms in total. The van der Waals surface area contributed by atoms with Crippen molar-refractivity contribution < 1.29 is 31.1 Å². The lowest BCUT2D eigenvalue weighted by Gasteiger charge is -2.25. The first-order valence-electron chi connectivity index (χ1n) is 9.20. The van der Waals surface area contributed by atoms with Gasteiger partial charge in [-0.1, -0.05) is 6.07 Å². The number of halogens is 3. The van der Waals surface area contributed by atoms with Gasteiger partial charge in [0.25, 0.3) is 10.0 Å². The van der Waals surface area contributed by atoms with Gasteiger partial charge in [0.2, 0.25) is 5.95 Å². The molecule has 0 spiro atoms. The Morgan fingerprint density at radius 2 is 1.78 bits per heavy atom. The normalized spacial score (nSPS) is 11.3. The number of nitrogens with zero attached hydrogens (tertiary/aromatic N) is 2. The average molecular weight is 467 g/mol. The second-order valence-electron chi connectivity index (χ2n) is 6.72. The lowest BCUT2D eigenvalue weighted by atomic mass is 10.2. The lowest BCUT2D eigenvalue weighted by molar-refractivity contribution is 0.391. The number of anilines is 2. The Kier molecular flexibility index (Phi) is 6.49. The van der Waals surface area contributed by atoms with Crippen molar-refractivity contribution in [2.45, 2.75) is 18.4 Å². The van der Waals surface area contributed by atoms with Gasteiger partial charge in [-0.3, -0.25) is 0 Å². The number of pyridine rings is 1. The maximum atomic E-state index is 14.9. The zero-order valence-corrected chi connectivity index (χ0v) is 18.2. The van der Waals surface area contributed by atoms with E-state index in [1.807, 2.05) is 0 Å². The van der Waals surface area contributed by atoms with Crippen LogP contribution in [-0.4, -0.2) is 27.6 Å². The molecule has 0 fully saturated rings. The molecule has 3 rings (SSSR count). The molecule has 0 saturated carbocycles. The number of hydrogen-bond acceptors (Lipinski definition) is 6. The Hall–Kier alpha value is -3.47. The molecule has 3 aromatic rings. The van der Waals surface area contributed by atoms with E-state index >= 15 is 0 Å². The van der Waals surface area contributed by atoms with Crippen molar-refractivity contribution in [3.8, 4) is 11.5 Å². The topological polar surface area (TPSA) is 94.8 Å². The molecule has 0 bridgehead atoms. The summed E-state index contributed by atoms with van der Waals surface area (Å²) in [6, 6.07) is 8.74. The SMILES string of the molecule is COc1ccc(CN(c2cccc(F)n2)S(=O)(=O)c2c(F)cc(N)c(C)c2F)c(OC)c1. The molecule has 0 aliphatic heterocycles. The van der Waals surface area contributed by atoms with Crippen LogP contribution in [0, 0.1) is 24.5 Å². The fourth-order valence-corrected chi connectivity index (χ4v) is 4.58. The predicted molar refractivity (Wildman–Crippen MR) is 113 cm³/mol. The molecule has 2 aromatic carbocycles. The van der Waals surface area contributed by atoms with Gasteiger partial charge in [-0.15, -0.1) is 0 Å². The standard InChI is InChI=1S/C21H20F3N3O4S/c1-12-16(25)10-15(22)21(20(12)24)32(28,29)27(19-6-4-5-18(23)26-19)11-13-7-8-14(30-2)9-17(13)31-3/h4-10H,11,25H2,1-3H3. The first-order chi connectivity index (χ1) is 15.1. The van der Waals surface area contributed by atoms with Gasteiger partial charge < -0.3 is 15.2 Å². The lowest BCUT2D eigenvalue weighted by Crippen LogP contribution is -2.33. The second kappa shape index (κ2) is 8.95. The largest absolute Gasteiger partial charge is 0.497 e. The molecule has 2 N–H and O–H groups in total. The number of ether oxygens (including phenoxy) is 2. The number of hydrogen-bond donors (Lipinski definition) is 1. The molecular weight excluding hydrogens is 447 g/mol. The molecule has 0 saturated heterocycles. The fourth-order valence-electron chi connectivity index (χ4n) is 3.02. The third-order valence-corrected chi connectivity index (χ3v) is 6.56. The third-order valence-electron chi connectivity index (χ3n) is 4.77. The van der Waals surface area contributed by atoms with E-state index in [1.165, 1.54) is 45.4 Å². The van der Waals surface area contributed by atoms with E-state index < -0.39 is 39.0 Å². The van der Waals surface area contributed by atoms with Gasteiger partial charge in [0, 0.05) is 22.9 Å². The van der Waals surface area contributed by atoms with E-state index in [4.69, 9.17) is 15.2 Å². The number of rotatable bonds is 7. The van der Waals surface area contributed by atoms with Crippen LogP contribution >= 0.6 is 0 Å². The van der Waals surface area contributed by atoms with Crippen LogP contribution in [0.25, 0.3) is 0 Å². The van der Waals surface area contributed by atoms with Crippen LogP contribution in [-0.2, 0) is 16.6 Å². The van der Waals surface area contributed by atoms with E-state index in [0.717, 1.165) is 12.1 Å². The van der Waals surface area contributed by atoms with Gasteiger partial charge in [0.1, 0.15) is 23.1 Å². The molecule has 170 valence electrons. The first kappa shape index (κ1) is 23.2. The maximum Gasteiger partial charge on any atom is 0.271 e. The summed E-state index contributed by atoms with van der Waals surface area (Å²) in [4.78, 5) is 2.38. The Morgan fingerprint density at radius 1 is 1.06 bits per heavy atom. The summed E-state index contributed by atoms with van der Waals surface area (Å²) >= 11 is 0. The van der Waals surface area contributed by atoms with Crippen molar-refractivity contribution in [1.29, 1.82) is 0 Å². The van der Waals surface area contributed by atoms with E-state index in [0.29, 0.717) is 15.6 Å². The highest BCUT2D eigenvalue weighted by molar-refractivity contribution is 7.92. The van der Waals surface area contributed by atoms with Crippen LogP contribution < -0.4 is 19.5 Å². The average Bonchev–Trinajstić information content (AvgIpc) is 2.75. The summed E-state index contributed by atoms with van der Waals surface area (Å²) in [6.07, 6.45) is 0. The highest BCUT2D eigenvalue weighted by atomic mass is 32.2. The monoisotopic (exact) mass is 467 g/mol. The quantitative estimate of drug-likeness (QED) is 0.420. The highest BCUT2D eigenvalue weighted by Gasteiger charge is 2.34. The summed E-state index contributed by atoms with van der Waals surface area (Å²) < 4.78 is 81.3. The summed E-state index contributed by atoms with van der Waals surface area (Å²) in [6.45, 7) is 0.759. The van der Waals surface area contributed by atoms with Gasteiger partial charge >= 0.3 is 0 Å². The molecule has 0 atom stereocenters. The molecule has 11 heteroatoms. The Morgan fingerprint density at radius 3 is 2.41 bits per heavy atom. The minimum absolute atomic E-state index is 0.237. The summed E-state index contributed by atoms with van der Waals surface area (Å²) in [7, 11) is -2.10. The number of aromatic nitrogens is 1. The van der Waals surface area contributed by atoms with Crippen LogP contribution in [0.1, 0.15) is 11.1 Å². The summed E-state index contributed by atoms with van der Waals surface area (Å²) in [5.74, 6) is -3.39. The zero-order chi connectivity index (χ0) is 23.6. The van der Waals surface area contributed by atoms with E-state index in [1.54, 1.807) is 6.07 Å². The van der Waals surface area contributed by atoms with E-state index in [2.05, 4.69) is 4.98 Å². The van der Waals surface area contributed by atoms with Crippen molar-refractivity contribution >= 4 is 21.5 Å². The van der Waals surface area contributed by atoms with Crippen LogP contribution in [0.3, 0.4) is 0 Å². The molecule has 0 aliphatic rings. The van der Waals surface area contributed by atoms with Gasteiger partial charge in [-0.25, -0.2) is 26.5 Å². The smallest absolute Gasteiger partial charge is 0.271 e. The number of nitrogens with two attached hydrogens (primary N) is 1. The molecule has 1 heterocycles. The van der Waals surface area contributed by atoms with Gasteiger partial charge in [0.05, 0.1) is 20.8 Å². The zero-order valence-electron chi connectivity index (χ0n) is 17.4. The maximum absolute atomic E-state index is 14.9. The van der Waals surface area contributed by atoms with Crippen molar-refractivity contribution in [3.63, 3.8) is 0 Å². The van der Waals surface area contributed by atoms with Crippen molar-refractivity contribution in [2.75, 3.05) is 24.3 Å². The van der Waals surface area contributed by atoms with Crippen LogP contribution in [0.4, 0.5) is 24.7 Å². The Labute approximate surface area is 183 Å². The van der Waals surface area contributed by atoms with Gasteiger partial charge in [0.15, 0.2) is 10.7 Å². The first-order valence-corrected chi connectivity index (χ1v) is 10.6. The fraction of sp³-hybridized carbons (Fsp3) is 0.190. The molecule has 0 amide bonds. The third kappa shape index (κ3) is 4.28. The number of sulfonamides is 1. The summed E-state index contributed by atoms with van der Waals surface area (Å²) in [5.41, 5.74) is 5.39. The molecule has 0 unspecified atom stereocenters. The minimum atomic E-state index is -4.90. The van der Waals surface area contributed by atoms with Crippen LogP contribution in [0.15, 0.2) is 47.4 Å². The van der Waals surface area contributed by atoms with Crippen LogP contribution in [0.2, 0.25) is 0 Å². The molecule has 0 radical (unpaired) electrons. The van der Waals surface area contributed by atoms with Crippen molar-refractivity contribution in [2.24, 2.45) is 0 Å². The number of nitrogen functional groups attached to an aromatic ring is 1. The van der Waals surface area contributed by atoms with E-state index in [9.17, 15) is 21.6 Å². The molecule has 0 aliphatic carbocycles. The Bertz CT molecular complexity index is 1270. The van der Waals surface area contributed by atoms with Crippen molar-refractivity contribution in [3.05, 3.63) is 71.2 Å². The molecular formula is C21H20F3N3O4S. The van der Waals surface area contributed by atoms with E-state index in [-0.39, 0.29) is 22.8 Å². The molecule has 32 heavy (non-hydrogen) atoms. The van der Waals surface area contributed by atoms with Gasteiger partial charge in [-0.05, 0) is 37.3 Å². The number of methoxy groups -OCH3 is 2. The van der Waals surface area contributed by atoms with Gasteiger partial charge in [-0.2, -0.15) is 4.39 Å². The molecule has 1 aromatic heterocycles. The van der Waals surface area contributed by atoms with Crippen molar-refractivity contribution in [1.82, 2.24) is 4.98 Å². The highest BCUT2D eigenvalue weighted by Crippen LogP contribution is 2.33. The Balaban J connectivity index is 2.22. The summed E-state index contributed by atoms with van der Waals surface area (Å²) in [5, 5.41) is 0. The second-order valence-corrected chi connectivity index (χ2v) is 8.52. The minimum Gasteiger partial charge on any atom is -0.497 e. The predicted octanol–water partition coefficient (Wildman–Crippen LogP) is 3.80.